The van der Waals surface area contributed by atoms with Gasteiger partial charge in [-0.15, -0.1) is 10.2 Å². The fourth-order valence-corrected chi connectivity index (χ4v) is 5.00. The summed E-state index contributed by atoms with van der Waals surface area (Å²) in [7, 11) is 0. The third-order valence-electron chi connectivity index (χ3n) is 6.04. The Hall–Kier alpha value is -4.04. The van der Waals surface area contributed by atoms with E-state index in [2.05, 4.69) is 20.4 Å². The maximum Gasteiger partial charge on any atom is 0.271 e. The second-order valence-corrected chi connectivity index (χ2v) is 9.41. The van der Waals surface area contributed by atoms with Gasteiger partial charge >= 0.3 is 0 Å². The smallest absolute Gasteiger partial charge is 0.271 e. The average molecular weight is 492 g/mol. The summed E-state index contributed by atoms with van der Waals surface area (Å²) in [5.74, 6) is -0.565. The highest BCUT2D eigenvalue weighted by Gasteiger charge is 2.19. The minimum absolute atomic E-state index is 0.00624. The molecule has 0 radical (unpaired) electrons. The molecule has 2 aromatic heterocycles. The summed E-state index contributed by atoms with van der Waals surface area (Å²) < 4.78 is 1.89. The van der Waals surface area contributed by atoms with Crippen molar-refractivity contribution >= 4 is 39.3 Å². The van der Waals surface area contributed by atoms with Crippen molar-refractivity contribution < 1.29 is 9.72 Å². The maximum atomic E-state index is 12.8. The molecule has 3 aromatic rings. The molecule has 0 aliphatic carbocycles. The first-order chi connectivity index (χ1) is 16.8. The van der Waals surface area contributed by atoms with Crippen LogP contribution in [0.15, 0.2) is 29.8 Å². The van der Waals surface area contributed by atoms with E-state index in [0.29, 0.717) is 16.4 Å². The zero-order chi connectivity index (χ0) is 25.1. The molecule has 0 unspecified atom stereocenters. The molecule has 35 heavy (non-hydrogen) atoms. The van der Waals surface area contributed by atoms with E-state index in [4.69, 9.17) is 0 Å². The highest BCUT2D eigenvalue weighted by Crippen LogP contribution is 2.29. The van der Waals surface area contributed by atoms with Gasteiger partial charge in [0.1, 0.15) is 11.6 Å². The van der Waals surface area contributed by atoms with E-state index in [1.54, 1.807) is 6.07 Å². The molecule has 3 heterocycles. The number of nitro benzene ring substituents is 1. The number of nitrogens with zero attached hydrogens (tertiary/aromatic N) is 6. The molecule has 4 rings (SSSR count). The lowest BCUT2D eigenvalue weighted by molar-refractivity contribution is -0.384. The molecule has 1 aliphatic rings. The lowest BCUT2D eigenvalue weighted by atomic mass is 10.1. The molecule has 1 amide bonds. The molecule has 1 fully saturated rings. The van der Waals surface area contributed by atoms with Crippen LogP contribution in [-0.2, 0) is 4.79 Å². The number of aromatic nitrogens is 3. The molecule has 1 aromatic carbocycles. The molecular weight excluding hydrogens is 466 g/mol. The van der Waals surface area contributed by atoms with Crippen molar-refractivity contribution in [3.05, 3.63) is 62.5 Å². The summed E-state index contributed by atoms with van der Waals surface area (Å²) in [5.41, 5.74) is 3.72. The van der Waals surface area contributed by atoms with Gasteiger partial charge in [0.2, 0.25) is 10.3 Å². The topological polar surface area (TPSA) is 130 Å². The van der Waals surface area contributed by atoms with Crippen molar-refractivity contribution in [2.75, 3.05) is 23.3 Å². The average Bonchev–Trinajstić information content (AvgIpc) is 3.42. The van der Waals surface area contributed by atoms with Crippen LogP contribution < -0.4 is 10.2 Å². The number of nitrogens with one attached hydrogen (secondary N) is 1. The van der Waals surface area contributed by atoms with Gasteiger partial charge in [-0.25, -0.2) is 0 Å². The van der Waals surface area contributed by atoms with E-state index < -0.39 is 10.8 Å². The van der Waals surface area contributed by atoms with Gasteiger partial charge in [0.05, 0.1) is 10.6 Å². The predicted octanol–water partition coefficient (Wildman–Crippen LogP) is 4.70. The van der Waals surface area contributed by atoms with Crippen LogP contribution in [0.4, 0.5) is 16.0 Å². The Morgan fingerprint density at radius 1 is 1.20 bits per heavy atom. The Kier molecular flexibility index (Phi) is 6.93. The fourth-order valence-electron chi connectivity index (χ4n) is 4.20. The van der Waals surface area contributed by atoms with Gasteiger partial charge in [-0.2, -0.15) is 5.26 Å². The van der Waals surface area contributed by atoms with Gasteiger partial charge in [0.25, 0.3) is 11.6 Å². The van der Waals surface area contributed by atoms with E-state index in [1.165, 1.54) is 36.0 Å². The van der Waals surface area contributed by atoms with Crippen LogP contribution in [0.1, 0.15) is 41.8 Å². The van der Waals surface area contributed by atoms with Crippen LogP contribution in [0.25, 0.3) is 11.8 Å². The molecule has 1 aliphatic heterocycles. The van der Waals surface area contributed by atoms with E-state index in [-0.39, 0.29) is 11.3 Å². The normalized spacial score (nSPS) is 14.0. The molecule has 1 N–H and O–H groups in total. The van der Waals surface area contributed by atoms with Crippen molar-refractivity contribution in [2.45, 2.75) is 40.0 Å². The van der Waals surface area contributed by atoms with E-state index in [9.17, 15) is 20.2 Å². The molecule has 0 saturated carbocycles. The van der Waals surface area contributed by atoms with Crippen LogP contribution in [0.2, 0.25) is 0 Å². The summed E-state index contributed by atoms with van der Waals surface area (Å²) in [4.78, 5) is 25.8. The summed E-state index contributed by atoms with van der Waals surface area (Å²) in [6.07, 6.45) is 4.94. The number of carbonyl (C=O) groups excluding carboxylic acids is 1. The molecule has 10 nitrogen and oxygen atoms in total. The Bertz CT molecular complexity index is 1360. The van der Waals surface area contributed by atoms with E-state index in [1.807, 2.05) is 37.5 Å². The van der Waals surface area contributed by atoms with Crippen molar-refractivity contribution in [3.8, 4) is 11.8 Å². The van der Waals surface area contributed by atoms with Crippen molar-refractivity contribution in [1.82, 2.24) is 14.8 Å². The minimum atomic E-state index is -0.565. The lowest BCUT2D eigenvalue weighted by Gasteiger charge is -2.25. The summed E-state index contributed by atoms with van der Waals surface area (Å²) in [6.45, 7) is 7.44. The third kappa shape index (κ3) is 5.07. The van der Waals surface area contributed by atoms with Crippen LogP contribution >= 0.6 is 11.3 Å². The summed E-state index contributed by atoms with van der Waals surface area (Å²) in [5, 5.41) is 33.0. The SMILES string of the molecule is Cc1ccc([N+](=O)[O-])cc1-n1c(C)cc(C=C(C#N)C(=O)Nc2nnc(N3CCCCC3)s2)c1C. The first-order valence-electron chi connectivity index (χ1n) is 11.2. The number of hydrogen-bond acceptors (Lipinski definition) is 8. The Balaban J connectivity index is 1.59. The van der Waals surface area contributed by atoms with Crippen LogP contribution in [0.3, 0.4) is 0 Å². The van der Waals surface area contributed by atoms with E-state index >= 15 is 0 Å². The molecule has 11 heteroatoms. The predicted molar refractivity (Wildman–Crippen MR) is 135 cm³/mol. The van der Waals surface area contributed by atoms with E-state index in [0.717, 1.165) is 48.0 Å². The Morgan fingerprint density at radius 2 is 1.94 bits per heavy atom. The lowest BCUT2D eigenvalue weighted by Crippen LogP contribution is -2.29. The number of hydrogen-bond donors (Lipinski definition) is 1. The number of piperidine rings is 1. The second kappa shape index (κ2) is 10.1. The fraction of sp³-hybridized carbons (Fsp3) is 0.333. The standard InChI is InChI=1S/C24H25N7O3S/c1-15-7-8-20(31(33)34)13-21(15)30-16(2)11-18(17(30)3)12-19(14-25)22(32)26-23-27-28-24(35-23)29-9-5-4-6-10-29/h7-8,11-13H,4-6,9-10H2,1-3H3,(H,26,27,32). The van der Waals surface area contributed by atoms with Gasteiger partial charge in [0.15, 0.2) is 0 Å². The van der Waals surface area contributed by atoms with Gasteiger partial charge in [-0.3, -0.25) is 20.2 Å². The van der Waals surface area contributed by atoms with Gasteiger partial charge < -0.3 is 9.47 Å². The highest BCUT2D eigenvalue weighted by atomic mass is 32.1. The van der Waals surface area contributed by atoms with Crippen molar-refractivity contribution in [2.24, 2.45) is 0 Å². The zero-order valence-electron chi connectivity index (χ0n) is 19.7. The number of rotatable bonds is 6. The van der Waals surface area contributed by atoms with Crippen LogP contribution in [0, 0.1) is 42.2 Å². The first-order valence-corrected chi connectivity index (χ1v) is 12.1. The molecule has 180 valence electrons. The largest absolute Gasteiger partial charge is 0.347 e. The Morgan fingerprint density at radius 3 is 2.63 bits per heavy atom. The number of amides is 1. The second-order valence-electron chi connectivity index (χ2n) is 8.45. The van der Waals surface area contributed by atoms with Crippen molar-refractivity contribution in [1.29, 1.82) is 5.26 Å². The third-order valence-corrected chi connectivity index (χ3v) is 6.94. The number of nitro groups is 1. The summed E-state index contributed by atoms with van der Waals surface area (Å²) >= 11 is 1.29. The van der Waals surface area contributed by atoms with Gasteiger partial charge in [-0.1, -0.05) is 17.4 Å². The number of carbonyl (C=O) groups is 1. The number of non-ortho nitro benzene ring substituents is 1. The molecular formula is C24H25N7O3S. The van der Waals surface area contributed by atoms with Gasteiger partial charge in [0, 0.05) is 36.6 Å². The number of benzene rings is 1. The highest BCUT2D eigenvalue weighted by molar-refractivity contribution is 7.19. The Labute approximate surface area is 206 Å². The molecule has 0 bridgehead atoms. The summed E-state index contributed by atoms with van der Waals surface area (Å²) in [6, 6.07) is 8.51. The van der Waals surface area contributed by atoms with Gasteiger partial charge in [-0.05, 0) is 63.3 Å². The van der Waals surface area contributed by atoms with Crippen molar-refractivity contribution in [3.63, 3.8) is 0 Å². The first kappa shape index (κ1) is 24.1. The zero-order valence-corrected chi connectivity index (χ0v) is 20.6. The minimum Gasteiger partial charge on any atom is -0.347 e. The molecule has 0 atom stereocenters. The number of aryl methyl sites for hydroxylation is 2. The molecule has 1 saturated heterocycles. The van der Waals surface area contributed by atoms with Crippen LogP contribution in [-0.4, -0.2) is 38.7 Å². The number of nitriles is 1. The monoisotopic (exact) mass is 491 g/mol. The number of anilines is 2. The quantitative estimate of drug-likeness (QED) is 0.229. The van der Waals surface area contributed by atoms with Crippen LogP contribution in [0.5, 0.6) is 0 Å². The maximum absolute atomic E-state index is 12.8. The molecule has 0 spiro atoms.